The van der Waals surface area contributed by atoms with Gasteiger partial charge in [0.15, 0.2) is 5.78 Å². The highest BCUT2D eigenvalue weighted by atomic mass is 16.5. The summed E-state index contributed by atoms with van der Waals surface area (Å²) in [6.07, 6.45) is 20.2. The Morgan fingerprint density at radius 1 is 1.09 bits per heavy atom. The molecule has 10 atom stereocenters. The van der Waals surface area contributed by atoms with E-state index < -0.39 is 0 Å². The summed E-state index contributed by atoms with van der Waals surface area (Å²) >= 11 is 0. The van der Waals surface area contributed by atoms with Gasteiger partial charge in [-0.3, -0.25) is 9.69 Å². The number of hydrogen-bond donors (Lipinski definition) is 0. The molecule has 0 aromatic heterocycles. The van der Waals surface area contributed by atoms with Crippen LogP contribution in [0.2, 0.25) is 0 Å². The smallest absolute Gasteiger partial charge is 0.156 e. The molecule has 0 aromatic carbocycles. The van der Waals surface area contributed by atoms with Crippen molar-refractivity contribution in [3.8, 4) is 0 Å². The molecule has 7 fully saturated rings. The van der Waals surface area contributed by atoms with Crippen molar-refractivity contribution in [3.63, 3.8) is 0 Å². The molecule has 0 aromatic rings. The molecule has 7 aliphatic carbocycles. The van der Waals surface area contributed by atoms with Crippen LogP contribution >= 0.6 is 0 Å². The Labute approximate surface area is 210 Å². The second-order valence-electron chi connectivity index (χ2n) is 14.9. The fraction of sp³-hybridized carbons (Fsp3) is 0.839. The zero-order valence-corrected chi connectivity index (χ0v) is 21.7. The minimum atomic E-state index is 0.0428. The van der Waals surface area contributed by atoms with Crippen LogP contribution < -0.4 is 0 Å². The van der Waals surface area contributed by atoms with E-state index in [-0.39, 0.29) is 11.1 Å². The molecule has 4 saturated carbocycles. The third-order valence-electron chi connectivity index (χ3n) is 14.1. The van der Waals surface area contributed by atoms with E-state index in [9.17, 15) is 4.79 Å². The van der Waals surface area contributed by atoms with E-state index in [0.29, 0.717) is 34.0 Å². The van der Waals surface area contributed by atoms with Crippen LogP contribution in [-0.2, 0) is 9.53 Å². The molecule has 0 radical (unpaired) electrons. The Hall–Kier alpha value is -0.970. The third-order valence-corrected chi connectivity index (χ3v) is 14.1. The van der Waals surface area contributed by atoms with Crippen LogP contribution in [0.15, 0.2) is 23.8 Å². The normalized spacial score (nSPS) is 59.5. The lowest BCUT2D eigenvalue weighted by Gasteiger charge is -2.68. The zero-order valence-electron chi connectivity index (χ0n) is 21.7. The predicted octanol–water partition coefficient (Wildman–Crippen LogP) is 4.81. The van der Waals surface area contributed by atoms with Gasteiger partial charge in [0, 0.05) is 42.3 Å². The quantitative estimate of drug-likeness (QED) is 0.538. The van der Waals surface area contributed by atoms with Crippen molar-refractivity contribution in [3.05, 3.63) is 23.8 Å². The largest absolute Gasteiger partial charge is 0.358 e. The molecule has 0 amide bonds. The number of nitrogens with zero attached hydrogens (tertiary/aromatic N) is 2. The van der Waals surface area contributed by atoms with Gasteiger partial charge in [-0.1, -0.05) is 31.1 Å². The summed E-state index contributed by atoms with van der Waals surface area (Å²) in [6, 6.07) is 0.402. The Balaban J connectivity index is 1.18. The van der Waals surface area contributed by atoms with Gasteiger partial charge in [0.25, 0.3) is 0 Å². The molecule has 0 N–H and O–H groups in total. The number of ketones is 1. The van der Waals surface area contributed by atoms with E-state index in [1.807, 2.05) is 6.08 Å². The Morgan fingerprint density at radius 3 is 2.89 bits per heavy atom. The Kier molecular flexibility index (Phi) is 3.71. The lowest BCUT2D eigenvalue weighted by Crippen LogP contribution is -2.71. The van der Waals surface area contributed by atoms with Gasteiger partial charge in [-0.2, -0.15) is 0 Å². The molecule has 3 saturated heterocycles. The Bertz CT molecular complexity index is 1100. The standard InChI is InChI=1S/C31H42N2O2/c1-27-6-3-7-30-23(27)5-9-29-18-21(17-28-8-4-22(34)16-26(28)32(2)11-10-28)20(14-24(29)30)15-25(29)31(30)33(19-27)12-13-35-31/h4,8,18,20,23-26H,3,5-7,9-17,19H2,1-2H3/t20-,23-,24-,25+,26-,27+,28-,29+,30+,31-/m1/s1. The first-order valence-electron chi connectivity index (χ1n) is 14.9. The average Bonchev–Trinajstić information content (AvgIpc) is 3.40. The van der Waals surface area contributed by atoms with Crippen molar-refractivity contribution in [2.45, 2.75) is 82.9 Å². The minimum absolute atomic E-state index is 0.0428. The van der Waals surface area contributed by atoms with E-state index in [2.05, 4.69) is 35.9 Å². The maximum atomic E-state index is 12.3. The monoisotopic (exact) mass is 474 g/mol. The molecule has 3 aliphatic heterocycles. The van der Waals surface area contributed by atoms with Crippen molar-refractivity contribution in [1.29, 1.82) is 0 Å². The number of carbonyl (C=O) groups is 1. The zero-order chi connectivity index (χ0) is 23.4. The first kappa shape index (κ1) is 21.0. The highest BCUT2D eigenvalue weighted by Crippen LogP contribution is 2.86. The van der Waals surface area contributed by atoms with Crippen LogP contribution in [0.4, 0.5) is 0 Å². The number of hydrogen-bond acceptors (Lipinski definition) is 4. The number of piperidine rings is 1. The molecule has 188 valence electrons. The summed E-state index contributed by atoms with van der Waals surface area (Å²) in [6.45, 7) is 7.20. The van der Waals surface area contributed by atoms with Crippen LogP contribution in [-0.4, -0.2) is 60.6 Å². The second kappa shape index (κ2) is 6.18. The number of likely N-dealkylation sites (tertiary alicyclic amines) is 1. The van der Waals surface area contributed by atoms with Crippen molar-refractivity contribution in [1.82, 2.24) is 9.80 Å². The lowest BCUT2D eigenvalue weighted by molar-refractivity contribution is -0.279. The van der Waals surface area contributed by atoms with E-state index in [1.54, 1.807) is 5.57 Å². The highest BCUT2D eigenvalue weighted by Gasteiger charge is 2.86. The minimum Gasteiger partial charge on any atom is -0.358 e. The number of ether oxygens (including phenoxy) is 1. The molecule has 10 aliphatic rings. The summed E-state index contributed by atoms with van der Waals surface area (Å²) in [4.78, 5) is 17.7. The van der Waals surface area contributed by atoms with Gasteiger partial charge in [-0.05, 0) is 99.6 Å². The molecule has 3 heterocycles. The summed E-state index contributed by atoms with van der Waals surface area (Å²) in [5, 5.41) is 0. The van der Waals surface area contributed by atoms with Crippen LogP contribution in [0.25, 0.3) is 0 Å². The van der Waals surface area contributed by atoms with Crippen molar-refractivity contribution in [2.75, 3.05) is 33.3 Å². The topological polar surface area (TPSA) is 32.8 Å². The third kappa shape index (κ3) is 2.07. The van der Waals surface area contributed by atoms with Gasteiger partial charge in [-0.15, -0.1) is 0 Å². The van der Waals surface area contributed by atoms with Crippen LogP contribution in [0.5, 0.6) is 0 Å². The van der Waals surface area contributed by atoms with Gasteiger partial charge < -0.3 is 9.64 Å². The number of fused-ring (bicyclic) bond motifs is 1. The van der Waals surface area contributed by atoms with E-state index >= 15 is 0 Å². The van der Waals surface area contributed by atoms with Gasteiger partial charge >= 0.3 is 0 Å². The molecule has 4 heteroatoms. The second-order valence-corrected chi connectivity index (χ2v) is 14.9. The van der Waals surface area contributed by atoms with E-state index in [4.69, 9.17) is 4.74 Å². The van der Waals surface area contributed by atoms with Gasteiger partial charge in [0.05, 0.1) is 6.61 Å². The Morgan fingerprint density at radius 2 is 1.97 bits per heavy atom. The molecule has 35 heavy (non-hydrogen) atoms. The van der Waals surface area contributed by atoms with Crippen molar-refractivity contribution in [2.24, 2.45) is 45.3 Å². The van der Waals surface area contributed by atoms with E-state index in [0.717, 1.165) is 37.3 Å². The fourth-order valence-corrected chi connectivity index (χ4v) is 13.3. The summed E-state index contributed by atoms with van der Waals surface area (Å²) in [7, 11) is 2.25. The fourth-order valence-electron chi connectivity index (χ4n) is 13.3. The average molecular weight is 475 g/mol. The molecular formula is C31H42N2O2. The van der Waals surface area contributed by atoms with E-state index in [1.165, 1.54) is 70.9 Å². The molecule has 10 rings (SSSR count). The molecule has 0 unspecified atom stereocenters. The molecular weight excluding hydrogens is 432 g/mol. The summed E-state index contributed by atoms with van der Waals surface area (Å²) in [5.74, 6) is 3.49. The van der Waals surface area contributed by atoms with Crippen LogP contribution in [0, 0.1) is 45.3 Å². The highest BCUT2D eigenvalue weighted by molar-refractivity contribution is 5.91. The number of rotatable bonds is 2. The summed E-state index contributed by atoms with van der Waals surface area (Å²) < 4.78 is 7.15. The van der Waals surface area contributed by atoms with Crippen LogP contribution in [0.3, 0.4) is 0 Å². The van der Waals surface area contributed by atoms with Crippen molar-refractivity contribution >= 4 is 5.78 Å². The molecule has 3 spiro atoms. The summed E-state index contributed by atoms with van der Waals surface area (Å²) in [5.41, 5.74) is 3.28. The maximum Gasteiger partial charge on any atom is 0.156 e. The van der Waals surface area contributed by atoms with Gasteiger partial charge in [0.1, 0.15) is 5.72 Å². The predicted molar refractivity (Wildman–Crippen MR) is 134 cm³/mol. The molecule has 6 bridgehead atoms. The first-order valence-corrected chi connectivity index (χ1v) is 14.9. The lowest BCUT2D eigenvalue weighted by atomic mass is 9.40. The number of carbonyl (C=O) groups excluding carboxylic acids is 1. The maximum absolute atomic E-state index is 12.3. The SMILES string of the molecule is CN1CC[C@@]2(CC3=C[C@@]45CC[C@@H]6[C@@]7(C)CCC[C@@]68[C@@H]4C[C@@H]3C[C@@H]5[C@@]83OCCN3C7)C=CC(=O)C[C@@H]12. The van der Waals surface area contributed by atoms with Gasteiger partial charge in [0.2, 0.25) is 0 Å². The van der Waals surface area contributed by atoms with Crippen LogP contribution in [0.1, 0.15) is 71.1 Å². The van der Waals surface area contributed by atoms with Gasteiger partial charge in [-0.25, -0.2) is 0 Å². The number of allylic oxidation sites excluding steroid dienone is 3. The molecule has 4 nitrogen and oxygen atoms in total. The van der Waals surface area contributed by atoms with Crippen molar-refractivity contribution < 1.29 is 9.53 Å². The first-order chi connectivity index (χ1) is 16.9.